The van der Waals surface area contributed by atoms with Gasteiger partial charge in [-0.25, -0.2) is 8.78 Å². The van der Waals surface area contributed by atoms with Crippen molar-refractivity contribution in [3.8, 4) is 0 Å². The van der Waals surface area contributed by atoms with E-state index in [9.17, 15) is 13.6 Å². The molecule has 1 aliphatic rings. The third-order valence-electron chi connectivity index (χ3n) is 4.80. The second kappa shape index (κ2) is 8.38. The minimum Gasteiger partial charge on any atom is -0.350 e. The van der Waals surface area contributed by atoms with Crippen molar-refractivity contribution in [3.63, 3.8) is 0 Å². The van der Waals surface area contributed by atoms with E-state index in [2.05, 4.69) is 22.2 Å². The van der Waals surface area contributed by atoms with Crippen LogP contribution in [-0.4, -0.2) is 55.5 Å². The molecule has 1 saturated heterocycles. The molecule has 138 valence electrons. The Kier molecular flexibility index (Phi) is 5.96. The van der Waals surface area contributed by atoms with Gasteiger partial charge in [-0.3, -0.25) is 9.69 Å². The summed E-state index contributed by atoms with van der Waals surface area (Å²) in [6, 6.07) is 13.3. The zero-order chi connectivity index (χ0) is 18.5. The molecule has 3 rings (SSSR count). The Morgan fingerprint density at radius 2 is 1.73 bits per heavy atom. The maximum absolute atomic E-state index is 13.4. The van der Waals surface area contributed by atoms with E-state index >= 15 is 0 Å². The van der Waals surface area contributed by atoms with Gasteiger partial charge in [-0.05, 0) is 30.8 Å². The lowest BCUT2D eigenvalue weighted by molar-refractivity contribution is 0.0886. The molecular weight excluding hydrogens is 336 g/mol. The van der Waals surface area contributed by atoms with Crippen molar-refractivity contribution >= 4 is 5.91 Å². The maximum Gasteiger partial charge on any atom is 0.251 e. The summed E-state index contributed by atoms with van der Waals surface area (Å²) in [4.78, 5) is 17.0. The summed E-state index contributed by atoms with van der Waals surface area (Å²) < 4.78 is 26.4. The van der Waals surface area contributed by atoms with E-state index < -0.39 is 17.5 Å². The summed E-state index contributed by atoms with van der Waals surface area (Å²) in [6.07, 6.45) is 0. The first kappa shape index (κ1) is 18.5. The van der Waals surface area contributed by atoms with Gasteiger partial charge in [-0.2, -0.15) is 0 Å². The van der Waals surface area contributed by atoms with Gasteiger partial charge in [0.1, 0.15) is 0 Å². The minimum absolute atomic E-state index is 0.0409. The van der Waals surface area contributed by atoms with Gasteiger partial charge in [-0.1, -0.05) is 30.3 Å². The maximum atomic E-state index is 13.4. The Morgan fingerprint density at radius 1 is 1.04 bits per heavy atom. The number of hydrogen-bond acceptors (Lipinski definition) is 3. The summed E-state index contributed by atoms with van der Waals surface area (Å²) in [5.41, 5.74) is 1.25. The number of piperazine rings is 1. The number of rotatable bonds is 5. The Labute approximate surface area is 152 Å². The number of amides is 1. The number of nitrogens with one attached hydrogen (secondary N) is 1. The van der Waals surface area contributed by atoms with Crippen molar-refractivity contribution in [2.75, 3.05) is 39.8 Å². The molecule has 1 amide bonds. The molecule has 4 nitrogen and oxygen atoms in total. The van der Waals surface area contributed by atoms with Crippen molar-refractivity contribution in [1.82, 2.24) is 15.1 Å². The van der Waals surface area contributed by atoms with Crippen LogP contribution in [0.3, 0.4) is 0 Å². The van der Waals surface area contributed by atoms with E-state index in [0.717, 1.165) is 43.9 Å². The van der Waals surface area contributed by atoms with Gasteiger partial charge < -0.3 is 10.2 Å². The molecule has 0 saturated carbocycles. The van der Waals surface area contributed by atoms with Crippen LogP contribution >= 0.6 is 0 Å². The highest BCUT2D eigenvalue weighted by atomic mass is 19.2. The first-order valence-electron chi connectivity index (χ1n) is 8.75. The van der Waals surface area contributed by atoms with E-state index in [4.69, 9.17) is 0 Å². The fraction of sp³-hybridized carbons (Fsp3) is 0.350. The van der Waals surface area contributed by atoms with Crippen LogP contribution in [0.4, 0.5) is 8.78 Å². The molecule has 1 heterocycles. The number of carbonyl (C=O) groups is 1. The van der Waals surface area contributed by atoms with Gasteiger partial charge in [0, 0.05) is 38.3 Å². The Hall–Kier alpha value is -2.31. The minimum atomic E-state index is -1.02. The van der Waals surface area contributed by atoms with Gasteiger partial charge in [0.2, 0.25) is 0 Å². The number of hydrogen-bond donors (Lipinski definition) is 1. The number of benzene rings is 2. The second-order valence-corrected chi connectivity index (χ2v) is 6.60. The van der Waals surface area contributed by atoms with Gasteiger partial charge in [-0.15, -0.1) is 0 Å². The first-order chi connectivity index (χ1) is 12.5. The van der Waals surface area contributed by atoms with E-state index in [1.54, 1.807) is 0 Å². The number of halogens is 2. The number of nitrogens with zero attached hydrogens (tertiary/aromatic N) is 2. The average Bonchev–Trinajstić information content (AvgIpc) is 2.66. The smallest absolute Gasteiger partial charge is 0.251 e. The normalized spacial score (nSPS) is 17.0. The lowest BCUT2D eigenvalue weighted by Crippen LogP contribution is -2.48. The first-order valence-corrected chi connectivity index (χ1v) is 8.75. The SMILES string of the molecule is CN1CCN(C(CNC(=O)c2ccc(F)c(F)c2)c2ccccc2)CC1. The monoisotopic (exact) mass is 359 g/mol. The van der Waals surface area contributed by atoms with Crippen LogP contribution in [0.1, 0.15) is 22.0 Å². The van der Waals surface area contributed by atoms with Gasteiger partial charge in [0.15, 0.2) is 11.6 Å². The largest absolute Gasteiger partial charge is 0.350 e. The molecule has 0 radical (unpaired) electrons. The lowest BCUT2D eigenvalue weighted by Gasteiger charge is -2.38. The molecule has 1 aliphatic heterocycles. The highest BCUT2D eigenvalue weighted by Crippen LogP contribution is 2.21. The lowest BCUT2D eigenvalue weighted by atomic mass is 10.0. The van der Waals surface area contributed by atoms with Crippen LogP contribution < -0.4 is 5.32 Å². The van der Waals surface area contributed by atoms with Crippen LogP contribution in [0.5, 0.6) is 0 Å². The van der Waals surface area contributed by atoms with E-state index in [-0.39, 0.29) is 11.6 Å². The van der Waals surface area contributed by atoms with Crippen LogP contribution in [-0.2, 0) is 0 Å². The molecule has 0 aliphatic carbocycles. The Bertz CT molecular complexity index is 746. The zero-order valence-corrected chi connectivity index (χ0v) is 14.8. The fourth-order valence-electron chi connectivity index (χ4n) is 3.20. The van der Waals surface area contributed by atoms with Gasteiger partial charge >= 0.3 is 0 Å². The Morgan fingerprint density at radius 3 is 2.38 bits per heavy atom. The summed E-state index contributed by atoms with van der Waals surface area (Å²) in [5.74, 6) is -2.38. The number of likely N-dealkylation sites (N-methyl/N-ethyl adjacent to an activating group) is 1. The Balaban J connectivity index is 1.71. The number of carbonyl (C=O) groups excluding carboxylic acids is 1. The van der Waals surface area contributed by atoms with Crippen molar-refractivity contribution in [2.24, 2.45) is 0 Å². The highest BCUT2D eigenvalue weighted by molar-refractivity contribution is 5.94. The molecule has 0 aromatic heterocycles. The summed E-state index contributed by atoms with van der Waals surface area (Å²) in [6.45, 7) is 4.18. The molecule has 1 fully saturated rings. The average molecular weight is 359 g/mol. The fourth-order valence-corrected chi connectivity index (χ4v) is 3.20. The third-order valence-corrected chi connectivity index (χ3v) is 4.80. The highest BCUT2D eigenvalue weighted by Gasteiger charge is 2.24. The molecular formula is C20H23F2N3O. The molecule has 2 aromatic rings. The molecule has 0 bridgehead atoms. The van der Waals surface area contributed by atoms with E-state index in [1.807, 2.05) is 30.3 Å². The van der Waals surface area contributed by atoms with Crippen LogP contribution in [0.15, 0.2) is 48.5 Å². The van der Waals surface area contributed by atoms with Gasteiger partial charge in [0.05, 0.1) is 6.04 Å². The topological polar surface area (TPSA) is 35.6 Å². The van der Waals surface area contributed by atoms with Crippen molar-refractivity contribution < 1.29 is 13.6 Å². The standard InChI is InChI=1S/C20H23F2N3O/c1-24-9-11-25(12-10-24)19(15-5-3-2-4-6-15)14-23-20(26)16-7-8-17(21)18(22)13-16/h2-8,13,19H,9-12,14H2,1H3,(H,23,26). The van der Waals surface area contributed by atoms with Crippen LogP contribution in [0.25, 0.3) is 0 Å². The molecule has 0 spiro atoms. The van der Waals surface area contributed by atoms with Crippen LogP contribution in [0, 0.1) is 11.6 Å². The van der Waals surface area contributed by atoms with Crippen molar-refractivity contribution in [2.45, 2.75) is 6.04 Å². The molecule has 2 aromatic carbocycles. The predicted octanol–water partition coefficient (Wildman–Crippen LogP) is 2.68. The second-order valence-electron chi connectivity index (χ2n) is 6.60. The quantitative estimate of drug-likeness (QED) is 0.892. The van der Waals surface area contributed by atoms with E-state index in [0.29, 0.717) is 6.54 Å². The van der Waals surface area contributed by atoms with Crippen molar-refractivity contribution in [3.05, 3.63) is 71.3 Å². The zero-order valence-electron chi connectivity index (χ0n) is 14.8. The molecule has 1 atom stereocenters. The molecule has 26 heavy (non-hydrogen) atoms. The van der Waals surface area contributed by atoms with Gasteiger partial charge in [0.25, 0.3) is 5.91 Å². The summed E-state index contributed by atoms with van der Waals surface area (Å²) in [7, 11) is 2.10. The summed E-state index contributed by atoms with van der Waals surface area (Å²) in [5, 5.41) is 2.87. The van der Waals surface area contributed by atoms with Crippen molar-refractivity contribution in [1.29, 1.82) is 0 Å². The molecule has 1 unspecified atom stereocenters. The van der Waals surface area contributed by atoms with Crippen LogP contribution in [0.2, 0.25) is 0 Å². The third kappa shape index (κ3) is 4.45. The predicted molar refractivity (Wildman–Crippen MR) is 96.9 cm³/mol. The van der Waals surface area contributed by atoms with E-state index in [1.165, 1.54) is 6.07 Å². The molecule has 6 heteroatoms. The molecule has 1 N–H and O–H groups in total. The summed E-state index contributed by atoms with van der Waals surface area (Å²) >= 11 is 0.